The van der Waals surface area contributed by atoms with Crippen LogP contribution in [-0.2, 0) is 14.3 Å². The zero-order valence-electron chi connectivity index (χ0n) is 12.5. The number of nitrogens with zero attached hydrogens (tertiary/aromatic N) is 1. The number of hydrogen-bond acceptors (Lipinski definition) is 4. The van der Waals surface area contributed by atoms with Crippen molar-refractivity contribution in [3.05, 3.63) is 0 Å². The van der Waals surface area contributed by atoms with Crippen LogP contribution >= 0.6 is 0 Å². The predicted octanol–water partition coefficient (Wildman–Crippen LogP) is 1.18. The molecule has 1 aliphatic heterocycles. The number of amides is 1. The number of ether oxygens (including phenoxy) is 2. The number of nitrogens with one attached hydrogen (secondary N) is 1. The molecule has 0 aliphatic carbocycles. The third-order valence-corrected chi connectivity index (χ3v) is 3.19. The Balaban J connectivity index is 2.42. The molecule has 0 radical (unpaired) electrons. The van der Waals surface area contributed by atoms with Gasteiger partial charge in [0.25, 0.3) is 0 Å². The molecular weight excluding hydrogens is 289 g/mol. The van der Waals surface area contributed by atoms with Crippen LogP contribution in [0.25, 0.3) is 0 Å². The minimum Gasteiger partial charge on any atom is -0.382 e. The number of carbonyl (C=O) groups excluding carboxylic acids is 1. The molecule has 0 aromatic heterocycles. The lowest BCUT2D eigenvalue weighted by atomic mass is 10.0. The van der Waals surface area contributed by atoms with Gasteiger partial charge in [0.15, 0.2) is 0 Å². The molecule has 0 bridgehead atoms. The zero-order chi connectivity index (χ0) is 15.9. The van der Waals surface area contributed by atoms with Gasteiger partial charge in [-0.2, -0.15) is 13.2 Å². The molecule has 1 heterocycles. The maximum absolute atomic E-state index is 12.5. The quantitative estimate of drug-likeness (QED) is 0.650. The average Bonchev–Trinajstić information content (AvgIpc) is 2.36. The van der Waals surface area contributed by atoms with Gasteiger partial charge in [-0.15, -0.1) is 0 Å². The minimum absolute atomic E-state index is 0.0106. The summed E-state index contributed by atoms with van der Waals surface area (Å²) >= 11 is 0. The van der Waals surface area contributed by atoms with E-state index in [2.05, 4.69) is 5.32 Å². The van der Waals surface area contributed by atoms with E-state index < -0.39 is 24.2 Å². The molecule has 1 fully saturated rings. The van der Waals surface area contributed by atoms with Crippen LogP contribution in [0, 0.1) is 0 Å². The fourth-order valence-electron chi connectivity index (χ4n) is 1.92. The Hall–Kier alpha value is -0.860. The van der Waals surface area contributed by atoms with E-state index in [4.69, 9.17) is 9.47 Å². The molecule has 1 rings (SSSR count). The molecule has 0 saturated carbocycles. The van der Waals surface area contributed by atoms with E-state index in [1.54, 1.807) is 6.92 Å². The second kappa shape index (κ2) is 7.95. The number of hydrogen-bond donors (Lipinski definition) is 1. The predicted molar refractivity (Wildman–Crippen MR) is 71.0 cm³/mol. The van der Waals surface area contributed by atoms with E-state index in [-0.39, 0.29) is 13.2 Å². The van der Waals surface area contributed by atoms with Crippen molar-refractivity contribution in [1.29, 1.82) is 0 Å². The van der Waals surface area contributed by atoms with Gasteiger partial charge in [-0.3, -0.25) is 4.79 Å². The lowest BCUT2D eigenvalue weighted by Gasteiger charge is -2.39. The van der Waals surface area contributed by atoms with Crippen LogP contribution in [0.2, 0.25) is 0 Å². The van der Waals surface area contributed by atoms with Gasteiger partial charge in [0.1, 0.15) is 13.2 Å². The van der Waals surface area contributed by atoms with E-state index in [0.717, 1.165) is 4.90 Å². The summed E-state index contributed by atoms with van der Waals surface area (Å²) in [6.45, 7) is 4.09. The Bertz CT molecular complexity index is 333. The van der Waals surface area contributed by atoms with Gasteiger partial charge in [-0.1, -0.05) is 0 Å². The first kappa shape index (κ1) is 18.2. The van der Waals surface area contributed by atoms with Crippen LogP contribution in [-0.4, -0.2) is 68.6 Å². The molecule has 21 heavy (non-hydrogen) atoms. The SMILES string of the molecule is CCOCCCN(CC(F)(F)F)C(=O)COC1(C)CNC1. The Labute approximate surface area is 122 Å². The maximum atomic E-state index is 12.5. The summed E-state index contributed by atoms with van der Waals surface area (Å²) in [6, 6.07) is 0. The molecule has 1 N–H and O–H groups in total. The molecule has 1 saturated heterocycles. The fourth-order valence-corrected chi connectivity index (χ4v) is 1.92. The molecule has 0 unspecified atom stereocenters. The van der Waals surface area contributed by atoms with Crippen molar-refractivity contribution in [3.8, 4) is 0 Å². The van der Waals surface area contributed by atoms with E-state index >= 15 is 0 Å². The summed E-state index contributed by atoms with van der Waals surface area (Å²) in [6.07, 6.45) is -4.04. The van der Waals surface area contributed by atoms with Gasteiger partial charge in [0, 0.05) is 32.8 Å². The Morgan fingerprint density at radius 2 is 2.05 bits per heavy atom. The Morgan fingerprint density at radius 1 is 1.38 bits per heavy atom. The third-order valence-electron chi connectivity index (χ3n) is 3.19. The normalized spacial score (nSPS) is 17.4. The second-order valence-electron chi connectivity index (χ2n) is 5.32. The maximum Gasteiger partial charge on any atom is 0.406 e. The lowest BCUT2D eigenvalue weighted by molar-refractivity contribution is -0.169. The molecule has 0 aromatic rings. The second-order valence-corrected chi connectivity index (χ2v) is 5.32. The highest BCUT2D eigenvalue weighted by Crippen LogP contribution is 2.18. The van der Waals surface area contributed by atoms with Crippen LogP contribution < -0.4 is 5.32 Å². The van der Waals surface area contributed by atoms with Crippen molar-refractivity contribution in [1.82, 2.24) is 10.2 Å². The molecule has 0 aromatic carbocycles. The lowest BCUT2D eigenvalue weighted by Crippen LogP contribution is -2.59. The first-order chi connectivity index (χ1) is 9.76. The highest BCUT2D eigenvalue weighted by atomic mass is 19.4. The summed E-state index contributed by atoms with van der Waals surface area (Å²) in [7, 11) is 0. The molecule has 8 heteroatoms. The molecule has 0 atom stereocenters. The van der Waals surface area contributed by atoms with E-state index in [0.29, 0.717) is 32.7 Å². The summed E-state index contributed by atoms with van der Waals surface area (Å²) in [5.41, 5.74) is -0.453. The average molecular weight is 312 g/mol. The first-order valence-electron chi connectivity index (χ1n) is 7.03. The van der Waals surface area contributed by atoms with Crippen molar-refractivity contribution in [2.24, 2.45) is 0 Å². The van der Waals surface area contributed by atoms with Crippen LogP contribution in [0.4, 0.5) is 13.2 Å². The summed E-state index contributed by atoms with van der Waals surface area (Å²) in [5, 5.41) is 2.99. The fraction of sp³-hybridized carbons (Fsp3) is 0.923. The Kier molecular flexibility index (Phi) is 6.89. The molecule has 1 aliphatic rings. The number of carbonyl (C=O) groups is 1. The van der Waals surface area contributed by atoms with Crippen LogP contribution in [0.15, 0.2) is 0 Å². The topological polar surface area (TPSA) is 50.8 Å². The van der Waals surface area contributed by atoms with E-state index in [1.165, 1.54) is 0 Å². The summed E-state index contributed by atoms with van der Waals surface area (Å²) in [4.78, 5) is 12.7. The van der Waals surface area contributed by atoms with Gasteiger partial charge >= 0.3 is 6.18 Å². The van der Waals surface area contributed by atoms with Crippen molar-refractivity contribution < 1.29 is 27.4 Å². The molecule has 0 spiro atoms. The largest absolute Gasteiger partial charge is 0.406 e. The van der Waals surface area contributed by atoms with Gasteiger partial charge in [0.2, 0.25) is 5.91 Å². The smallest absolute Gasteiger partial charge is 0.382 e. The van der Waals surface area contributed by atoms with Gasteiger partial charge < -0.3 is 19.7 Å². The standard InChI is InChI=1S/C13H23F3N2O3/c1-3-20-6-4-5-18(10-13(14,15)16)11(19)7-21-12(2)8-17-9-12/h17H,3-10H2,1-2H3. The van der Waals surface area contributed by atoms with Crippen LogP contribution in [0.3, 0.4) is 0 Å². The van der Waals surface area contributed by atoms with Crippen molar-refractivity contribution in [2.75, 3.05) is 46.0 Å². The Morgan fingerprint density at radius 3 is 2.52 bits per heavy atom. The molecule has 5 nitrogen and oxygen atoms in total. The van der Waals surface area contributed by atoms with Gasteiger partial charge in [-0.05, 0) is 20.3 Å². The van der Waals surface area contributed by atoms with Gasteiger partial charge in [-0.25, -0.2) is 0 Å². The van der Waals surface area contributed by atoms with Crippen molar-refractivity contribution >= 4 is 5.91 Å². The summed E-state index contributed by atoms with van der Waals surface area (Å²) in [5.74, 6) is -0.642. The van der Waals surface area contributed by atoms with E-state index in [1.807, 2.05) is 6.92 Å². The third kappa shape index (κ3) is 7.10. The van der Waals surface area contributed by atoms with E-state index in [9.17, 15) is 18.0 Å². The van der Waals surface area contributed by atoms with Crippen molar-refractivity contribution in [2.45, 2.75) is 32.0 Å². The zero-order valence-corrected chi connectivity index (χ0v) is 12.5. The van der Waals surface area contributed by atoms with Gasteiger partial charge in [0.05, 0.1) is 5.60 Å². The minimum atomic E-state index is -4.41. The molecule has 124 valence electrons. The number of rotatable bonds is 9. The highest BCUT2D eigenvalue weighted by molar-refractivity contribution is 5.77. The molecular formula is C13H23F3N2O3. The number of halogens is 3. The van der Waals surface area contributed by atoms with Crippen LogP contribution in [0.5, 0.6) is 0 Å². The highest BCUT2D eigenvalue weighted by Gasteiger charge is 2.36. The van der Waals surface area contributed by atoms with Crippen molar-refractivity contribution in [3.63, 3.8) is 0 Å². The summed E-state index contributed by atoms with van der Waals surface area (Å²) < 4.78 is 48.0. The monoisotopic (exact) mass is 312 g/mol. The van der Waals surface area contributed by atoms with Crippen LogP contribution in [0.1, 0.15) is 20.3 Å². The molecule has 1 amide bonds. The first-order valence-corrected chi connectivity index (χ1v) is 7.03. The number of alkyl halides is 3.